The van der Waals surface area contributed by atoms with Gasteiger partial charge < -0.3 is 10.0 Å². The minimum absolute atomic E-state index is 0.169. The summed E-state index contributed by atoms with van der Waals surface area (Å²) in [5.41, 5.74) is 5.24. The van der Waals surface area contributed by atoms with Gasteiger partial charge in [0, 0.05) is 48.7 Å². The van der Waals surface area contributed by atoms with Gasteiger partial charge in [-0.3, -0.25) is 9.78 Å². The molecule has 3 aromatic rings. The SMILES string of the molecule is O=C(Cc1ccccc1)N1CCc2ncnc(-c3ccncc3)c2CC1.O=C(O)C(F)(F)F. The van der Waals surface area contributed by atoms with Gasteiger partial charge in [-0.15, -0.1) is 0 Å². The van der Waals surface area contributed by atoms with Crippen molar-refractivity contribution in [3.63, 3.8) is 0 Å². The number of fused-ring (bicyclic) bond motifs is 1. The average Bonchev–Trinajstić information content (AvgIpc) is 3.03. The number of nitrogens with zero attached hydrogens (tertiary/aromatic N) is 4. The van der Waals surface area contributed by atoms with Crippen LogP contribution >= 0.6 is 0 Å². The topological polar surface area (TPSA) is 96.3 Å². The van der Waals surface area contributed by atoms with Crippen LogP contribution in [0.15, 0.2) is 61.2 Å². The largest absolute Gasteiger partial charge is 0.490 e. The Hall–Kier alpha value is -3.82. The summed E-state index contributed by atoms with van der Waals surface area (Å²) < 4.78 is 31.7. The fraction of sp³-hybridized carbons (Fsp3) is 0.261. The Kier molecular flexibility index (Phi) is 7.70. The molecule has 3 heterocycles. The molecule has 7 nitrogen and oxygen atoms in total. The van der Waals surface area contributed by atoms with Crippen molar-refractivity contribution in [3.05, 3.63) is 78.0 Å². The monoisotopic (exact) mass is 458 g/mol. The maximum atomic E-state index is 12.7. The number of alkyl halides is 3. The van der Waals surface area contributed by atoms with Gasteiger partial charge in [-0.2, -0.15) is 13.2 Å². The van der Waals surface area contributed by atoms with Gasteiger partial charge in [-0.25, -0.2) is 14.8 Å². The zero-order chi connectivity index (χ0) is 23.8. The van der Waals surface area contributed by atoms with Crippen LogP contribution in [-0.2, 0) is 28.9 Å². The standard InChI is InChI=1S/C21H20N4O.C2HF3O2/c26-20(14-16-4-2-1-3-5-16)25-12-8-18-19(9-13-25)23-15-24-21(18)17-6-10-22-11-7-17;3-2(4,5)1(6)7/h1-7,10-11,15H,8-9,12-14H2;(H,6,7). The quantitative estimate of drug-likeness (QED) is 0.647. The number of carbonyl (C=O) groups excluding carboxylic acids is 1. The van der Waals surface area contributed by atoms with Crippen LogP contribution in [0.1, 0.15) is 16.8 Å². The first kappa shape index (κ1) is 23.8. The van der Waals surface area contributed by atoms with E-state index < -0.39 is 12.1 Å². The summed E-state index contributed by atoms with van der Waals surface area (Å²) in [4.78, 5) is 36.6. The van der Waals surface area contributed by atoms with Crippen molar-refractivity contribution in [3.8, 4) is 11.3 Å². The second-order valence-electron chi connectivity index (χ2n) is 7.23. The number of aliphatic carboxylic acids is 1. The highest BCUT2D eigenvalue weighted by Crippen LogP contribution is 2.25. The van der Waals surface area contributed by atoms with E-state index in [2.05, 4.69) is 15.0 Å². The zero-order valence-corrected chi connectivity index (χ0v) is 17.5. The Labute approximate surface area is 187 Å². The van der Waals surface area contributed by atoms with Crippen LogP contribution in [0, 0.1) is 0 Å². The lowest BCUT2D eigenvalue weighted by Gasteiger charge is -2.20. The second-order valence-corrected chi connectivity index (χ2v) is 7.23. The van der Waals surface area contributed by atoms with Crippen molar-refractivity contribution in [1.29, 1.82) is 0 Å². The number of rotatable bonds is 3. The molecule has 1 amide bonds. The molecule has 4 rings (SSSR count). The summed E-state index contributed by atoms with van der Waals surface area (Å²) >= 11 is 0. The maximum Gasteiger partial charge on any atom is 0.490 e. The number of pyridine rings is 1. The molecule has 2 aromatic heterocycles. The van der Waals surface area contributed by atoms with E-state index in [0.29, 0.717) is 19.5 Å². The van der Waals surface area contributed by atoms with Gasteiger partial charge in [-0.05, 0) is 24.1 Å². The molecule has 1 aromatic carbocycles. The van der Waals surface area contributed by atoms with Crippen molar-refractivity contribution < 1.29 is 27.9 Å². The summed E-state index contributed by atoms with van der Waals surface area (Å²) in [6, 6.07) is 13.8. The van der Waals surface area contributed by atoms with Gasteiger partial charge in [0.05, 0.1) is 12.1 Å². The molecule has 33 heavy (non-hydrogen) atoms. The van der Waals surface area contributed by atoms with E-state index in [0.717, 1.165) is 40.9 Å². The molecule has 0 radical (unpaired) electrons. The molecule has 0 spiro atoms. The van der Waals surface area contributed by atoms with Crippen LogP contribution < -0.4 is 0 Å². The zero-order valence-electron chi connectivity index (χ0n) is 17.5. The predicted octanol–water partition coefficient (Wildman–Crippen LogP) is 3.34. The lowest BCUT2D eigenvalue weighted by Crippen LogP contribution is -2.34. The van der Waals surface area contributed by atoms with E-state index in [-0.39, 0.29) is 5.91 Å². The van der Waals surface area contributed by atoms with Gasteiger partial charge in [-0.1, -0.05) is 30.3 Å². The van der Waals surface area contributed by atoms with Crippen LogP contribution in [0.5, 0.6) is 0 Å². The number of carbonyl (C=O) groups is 2. The van der Waals surface area contributed by atoms with Gasteiger partial charge in [0.15, 0.2) is 0 Å². The highest BCUT2D eigenvalue weighted by molar-refractivity contribution is 5.79. The highest BCUT2D eigenvalue weighted by Gasteiger charge is 2.38. The molecule has 0 fully saturated rings. The van der Waals surface area contributed by atoms with Crippen molar-refractivity contribution in [2.24, 2.45) is 0 Å². The Bertz CT molecular complexity index is 1090. The minimum Gasteiger partial charge on any atom is -0.475 e. The molecule has 0 aliphatic carbocycles. The first-order chi connectivity index (χ1) is 15.8. The first-order valence-electron chi connectivity index (χ1n) is 10.1. The van der Waals surface area contributed by atoms with Crippen molar-refractivity contribution in [2.45, 2.75) is 25.4 Å². The lowest BCUT2D eigenvalue weighted by atomic mass is 10.0. The fourth-order valence-electron chi connectivity index (χ4n) is 3.42. The van der Waals surface area contributed by atoms with Crippen LogP contribution in [0.25, 0.3) is 11.3 Å². The van der Waals surface area contributed by atoms with E-state index in [1.54, 1.807) is 18.7 Å². The summed E-state index contributed by atoms with van der Waals surface area (Å²) in [5.74, 6) is -2.59. The van der Waals surface area contributed by atoms with Crippen LogP contribution in [0.4, 0.5) is 13.2 Å². The molecule has 0 atom stereocenters. The number of hydrogen-bond donors (Lipinski definition) is 1. The number of halogens is 3. The smallest absolute Gasteiger partial charge is 0.475 e. The van der Waals surface area contributed by atoms with Crippen LogP contribution in [-0.4, -0.2) is 56.1 Å². The summed E-state index contributed by atoms with van der Waals surface area (Å²) in [7, 11) is 0. The van der Waals surface area contributed by atoms with Crippen molar-refractivity contribution in [2.75, 3.05) is 13.1 Å². The summed E-state index contributed by atoms with van der Waals surface area (Å²) in [5, 5.41) is 7.12. The molecule has 1 N–H and O–H groups in total. The third kappa shape index (κ3) is 6.58. The molecule has 0 bridgehead atoms. The van der Waals surface area contributed by atoms with Crippen molar-refractivity contribution in [1.82, 2.24) is 19.9 Å². The fourth-order valence-corrected chi connectivity index (χ4v) is 3.42. The first-order valence-corrected chi connectivity index (χ1v) is 10.1. The van der Waals surface area contributed by atoms with Crippen LogP contribution in [0.2, 0.25) is 0 Å². The van der Waals surface area contributed by atoms with Gasteiger partial charge in [0.2, 0.25) is 5.91 Å². The number of aromatic nitrogens is 3. The highest BCUT2D eigenvalue weighted by atomic mass is 19.4. The Morgan fingerprint density at radius 3 is 2.24 bits per heavy atom. The number of carboxylic acid groups (broad SMARTS) is 1. The van der Waals surface area contributed by atoms with E-state index in [9.17, 15) is 18.0 Å². The minimum atomic E-state index is -5.08. The molecule has 1 aliphatic rings. The van der Waals surface area contributed by atoms with E-state index >= 15 is 0 Å². The third-order valence-corrected chi connectivity index (χ3v) is 5.03. The predicted molar refractivity (Wildman–Crippen MR) is 113 cm³/mol. The number of hydrogen-bond acceptors (Lipinski definition) is 5. The third-order valence-electron chi connectivity index (χ3n) is 5.03. The summed E-state index contributed by atoms with van der Waals surface area (Å²) in [6.45, 7) is 1.40. The number of carboxylic acids is 1. The van der Waals surface area contributed by atoms with Crippen molar-refractivity contribution >= 4 is 11.9 Å². The lowest BCUT2D eigenvalue weighted by molar-refractivity contribution is -0.192. The molecule has 0 saturated carbocycles. The van der Waals surface area contributed by atoms with Gasteiger partial charge >= 0.3 is 12.1 Å². The van der Waals surface area contributed by atoms with Gasteiger partial charge in [0.25, 0.3) is 0 Å². The molecule has 172 valence electrons. The van der Waals surface area contributed by atoms with E-state index in [1.165, 1.54) is 0 Å². The average molecular weight is 458 g/mol. The van der Waals surface area contributed by atoms with E-state index in [1.807, 2.05) is 47.4 Å². The Morgan fingerprint density at radius 1 is 0.970 bits per heavy atom. The summed E-state index contributed by atoms with van der Waals surface area (Å²) in [6.07, 6.45) is 2.06. The normalized spacial score (nSPS) is 13.2. The van der Waals surface area contributed by atoms with Gasteiger partial charge in [0.1, 0.15) is 6.33 Å². The van der Waals surface area contributed by atoms with E-state index in [4.69, 9.17) is 9.90 Å². The maximum absolute atomic E-state index is 12.7. The molecular weight excluding hydrogens is 437 g/mol. The Balaban J connectivity index is 0.000000383. The molecular formula is C23H21F3N4O3. The number of amides is 1. The molecule has 10 heteroatoms. The molecule has 0 saturated heterocycles. The Morgan fingerprint density at radius 2 is 1.61 bits per heavy atom. The second kappa shape index (κ2) is 10.7. The number of benzene rings is 1. The molecule has 1 aliphatic heterocycles. The molecule has 0 unspecified atom stereocenters. The van der Waals surface area contributed by atoms with Crippen LogP contribution in [0.3, 0.4) is 0 Å².